The van der Waals surface area contributed by atoms with Crippen molar-refractivity contribution in [1.29, 1.82) is 0 Å². The maximum Gasteiger partial charge on any atom is 0.217 e. The van der Waals surface area contributed by atoms with Crippen LogP contribution in [0.1, 0.15) is 20.3 Å². The van der Waals surface area contributed by atoms with Crippen LogP contribution in [0.5, 0.6) is 0 Å². The van der Waals surface area contributed by atoms with Gasteiger partial charge >= 0.3 is 0 Å². The molecule has 1 unspecified atom stereocenters. The molecule has 0 N–H and O–H groups in total. The average Bonchev–Trinajstić information content (AvgIpc) is 1.83. The van der Waals surface area contributed by atoms with Crippen LogP contribution in [-0.4, -0.2) is 28.6 Å². The highest BCUT2D eigenvalue weighted by atomic mass is 127. The van der Waals surface area contributed by atoms with Crippen LogP contribution in [-0.2, 0) is 10.0 Å². The van der Waals surface area contributed by atoms with E-state index in [1.807, 2.05) is 0 Å². The molecule has 3 nitrogen and oxygen atoms in total. The molecule has 0 saturated carbocycles. The lowest BCUT2D eigenvalue weighted by molar-refractivity contribution is 0.290. The molecule has 66 valence electrons. The molecule has 1 rings (SSSR count). The molecule has 1 aliphatic rings. The first-order valence-corrected chi connectivity index (χ1v) is 6.36. The number of nitrogens with zero attached hydrogens (tertiary/aromatic N) is 1. The Morgan fingerprint density at radius 3 is 2.18 bits per heavy atom. The lowest BCUT2D eigenvalue weighted by atomic mass is 10.3. The summed E-state index contributed by atoms with van der Waals surface area (Å²) in [4.78, 5) is 0. The predicted octanol–water partition coefficient (Wildman–Crippen LogP) is 1.19. The second-order valence-electron chi connectivity index (χ2n) is 2.93. The quantitative estimate of drug-likeness (QED) is 0.435. The van der Waals surface area contributed by atoms with E-state index in [4.69, 9.17) is 0 Å². The Bertz CT molecular complexity index is 237. The molecule has 0 aromatic carbocycles. The van der Waals surface area contributed by atoms with Crippen molar-refractivity contribution in [3.8, 4) is 0 Å². The monoisotopic (exact) mass is 289 g/mol. The second-order valence-corrected chi connectivity index (χ2v) is 6.81. The zero-order valence-electron chi connectivity index (χ0n) is 6.62. The molecule has 0 bridgehead atoms. The van der Waals surface area contributed by atoms with E-state index in [2.05, 4.69) is 22.6 Å². The molecular formula is C6H12INO2S. The standard InChI is InChI=1S/C6H12INO2S/c1-5(2)11(9,10)8-4-3-6(8)7/h5-6H,3-4H2,1-2H3. The Labute approximate surface area is 81.3 Å². The Morgan fingerprint density at radius 2 is 2.09 bits per heavy atom. The molecule has 1 atom stereocenters. The van der Waals surface area contributed by atoms with E-state index in [1.54, 1.807) is 18.2 Å². The van der Waals surface area contributed by atoms with Gasteiger partial charge < -0.3 is 0 Å². The fourth-order valence-electron chi connectivity index (χ4n) is 0.890. The number of alkyl halides is 1. The smallest absolute Gasteiger partial charge is 0.212 e. The summed E-state index contributed by atoms with van der Waals surface area (Å²) in [7, 11) is -2.96. The third kappa shape index (κ3) is 1.70. The molecule has 0 radical (unpaired) electrons. The predicted molar refractivity (Wildman–Crippen MR) is 53.2 cm³/mol. The highest BCUT2D eigenvalue weighted by molar-refractivity contribution is 14.1. The summed E-state index contributed by atoms with van der Waals surface area (Å²) < 4.78 is 24.7. The lowest BCUT2D eigenvalue weighted by Crippen LogP contribution is -2.50. The van der Waals surface area contributed by atoms with Gasteiger partial charge in [0.25, 0.3) is 0 Å². The van der Waals surface area contributed by atoms with Crippen LogP contribution in [0.3, 0.4) is 0 Å². The van der Waals surface area contributed by atoms with E-state index in [-0.39, 0.29) is 9.30 Å². The third-order valence-electron chi connectivity index (χ3n) is 1.82. The van der Waals surface area contributed by atoms with Gasteiger partial charge in [-0.25, -0.2) is 8.42 Å². The SMILES string of the molecule is CC(C)S(=O)(=O)N1CCC1I. The Hall–Kier alpha value is 0.640. The number of halogens is 1. The minimum atomic E-state index is -2.96. The van der Waals surface area contributed by atoms with Crippen molar-refractivity contribution < 1.29 is 8.42 Å². The maximum atomic E-state index is 11.4. The van der Waals surface area contributed by atoms with Crippen molar-refractivity contribution in [2.45, 2.75) is 29.6 Å². The second kappa shape index (κ2) is 3.18. The van der Waals surface area contributed by atoms with Gasteiger partial charge in [-0.3, -0.25) is 0 Å². The lowest BCUT2D eigenvalue weighted by Gasteiger charge is -2.36. The highest BCUT2D eigenvalue weighted by Crippen LogP contribution is 2.28. The van der Waals surface area contributed by atoms with Gasteiger partial charge in [-0.15, -0.1) is 0 Å². The summed E-state index contributed by atoms with van der Waals surface area (Å²) >= 11 is 2.16. The van der Waals surface area contributed by atoms with Gasteiger partial charge in [0.1, 0.15) is 0 Å². The van der Waals surface area contributed by atoms with Crippen molar-refractivity contribution in [2.24, 2.45) is 0 Å². The molecule has 5 heteroatoms. The normalized spacial score (nSPS) is 27.1. The van der Waals surface area contributed by atoms with Crippen LogP contribution < -0.4 is 0 Å². The zero-order valence-corrected chi connectivity index (χ0v) is 9.59. The number of sulfonamides is 1. The van der Waals surface area contributed by atoms with E-state index >= 15 is 0 Å². The van der Waals surface area contributed by atoms with E-state index in [0.717, 1.165) is 6.42 Å². The molecule has 0 spiro atoms. The molecule has 0 aromatic rings. The zero-order chi connectivity index (χ0) is 8.65. The molecular weight excluding hydrogens is 277 g/mol. The molecule has 0 aliphatic carbocycles. The van der Waals surface area contributed by atoms with Gasteiger partial charge in [-0.2, -0.15) is 4.31 Å². The fourth-order valence-corrected chi connectivity index (χ4v) is 3.72. The first kappa shape index (κ1) is 9.73. The van der Waals surface area contributed by atoms with Crippen molar-refractivity contribution in [2.75, 3.05) is 6.54 Å². The Balaban J connectivity index is 2.74. The van der Waals surface area contributed by atoms with Gasteiger partial charge in [-0.1, -0.05) is 22.6 Å². The van der Waals surface area contributed by atoms with Crippen LogP contribution in [0.2, 0.25) is 0 Å². The van der Waals surface area contributed by atoms with Crippen molar-refractivity contribution >= 4 is 32.6 Å². The van der Waals surface area contributed by atoms with Crippen molar-refractivity contribution in [3.05, 3.63) is 0 Å². The van der Waals surface area contributed by atoms with E-state index in [9.17, 15) is 8.42 Å². The van der Waals surface area contributed by atoms with Gasteiger partial charge in [0.05, 0.1) is 9.30 Å². The largest absolute Gasteiger partial charge is 0.217 e. The van der Waals surface area contributed by atoms with Crippen LogP contribution >= 0.6 is 22.6 Å². The number of hydrogen-bond acceptors (Lipinski definition) is 2. The molecule has 1 aliphatic heterocycles. The molecule has 1 fully saturated rings. The first-order chi connectivity index (χ1) is 4.96. The molecule has 1 saturated heterocycles. The minimum Gasteiger partial charge on any atom is -0.212 e. The number of rotatable bonds is 2. The van der Waals surface area contributed by atoms with Crippen molar-refractivity contribution in [1.82, 2.24) is 4.31 Å². The summed E-state index contributed by atoms with van der Waals surface area (Å²) in [6.07, 6.45) is 0.993. The number of hydrogen-bond donors (Lipinski definition) is 0. The fraction of sp³-hybridized carbons (Fsp3) is 1.00. The van der Waals surface area contributed by atoms with Crippen LogP contribution in [0, 0.1) is 0 Å². The molecule has 0 amide bonds. The van der Waals surface area contributed by atoms with Crippen LogP contribution in [0.25, 0.3) is 0 Å². The first-order valence-electron chi connectivity index (χ1n) is 3.61. The third-order valence-corrected chi connectivity index (χ3v) is 5.78. The summed E-state index contributed by atoms with van der Waals surface area (Å²) in [5.41, 5.74) is 0. The van der Waals surface area contributed by atoms with Gasteiger partial charge in [0.15, 0.2) is 0 Å². The van der Waals surface area contributed by atoms with Gasteiger partial charge in [0, 0.05) is 6.54 Å². The highest BCUT2D eigenvalue weighted by Gasteiger charge is 2.37. The topological polar surface area (TPSA) is 37.4 Å². The Morgan fingerprint density at radius 1 is 1.55 bits per heavy atom. The van der Waals surface area contributed by atoms with Gasteiger partial charge in [0.2, 0.25) is 10.0 Å². The summed E-state index contributed by atoms with van der Waals surface area (Å²) in [6, 6.07) is 0. The van der Waals surface area contributed by atoms with E-state index in [0.29, 0.717) is 6.54 Å². The molecule has 11 heavy (non-hydrogen) atoms. The van der Waals surface area contributed by atoms with Gasteiger partial charge in [-0.05, 0) is 20.3 Å². The van der Waals surface area contributed by atoms with Crippen LogP contribution in [0.4, 0.5) is 0 Å². The summed E-state index contributed by atoms with van der Waals surface area (Å²) in [5, 5.41) is -0.278. The summed E-state index contributed by atoms with van der Waals surface area (Å²) in [6.45, 7) is 4.14. The Kier molecular flexibility index (Phi) is 2.81. The van der Waals surface area contributed by atoms with E-state index < -0.39 is 10.0 Å². The minimum absolute atomic E-state index is 0.194. The van der Waals surface area contributed by atoms with Crippen molar-refractivity contribution in [3.63, 3.8) is 0 Å². The molecule has 0 aromatic heterocycles. The van der Waals surface area contributed by atoms with E-state index in [1.165, 1.54) is 0 Å². The maximum absolute atomic E-state index is 11.4. The molecule has 1 heterocycles. The summed E-state index contributed by atoms with van der Waals surface area (Å²) in [5.74, 6) is 0. The average molecular weight is 289 g/mol. The van der Waals surface area contributed by atoms with Crippen LogP contribution in [0.15, 0.2) is 0 Å².